The SMILES string of the molecule is COc1cc2[nH]cc(C(C)N3C(=O)c4ccc(-n5cnc(C)c5)c(=O)n4CC3C)c2cc1Cl. The van der Waals surface area contributed by atoms with E-state index in [9.17, 15) is 9.59 Å². The molecule has 4 heterocycles. The van der Waals surface area contributed by atoms with Crippen molar-refractivity contribution in [2.75, 3.05) is 7.11 Å². The molecule has 0 spiro atoms. The zero-order chi connectivity index (χ0) is 23.4. The molecule has 170 valence electrons. The number of ether oxygens (including phenoxy) is 1. The van der Waals surface area contributed by atoms with Gasteiger partial charge in [0.15, 0.2) is 0 Å². The van der Waals surface area contributed by atoms with Crippen LogP contribution in [0, 0.1) is 6.92 Å². The molecular formula is C24H24ClN5O3. The van der Waals surface area contributed by atoms with Gasteiger partial charge in [-0.3, -0.25) is 9.59 Å². The number of rotatable bonds is 4. The third-order valence-electron chi connectivity index (χ3n) is 6.37. The van der Waals surface area contributed by atoms with Crippen LogP contribution in [0.4, 0.5) is 0 Å². The Morgan fingerprint density at radius 1 is 1.27 bits per heavy atom. The van der Waals surface area contributed by atoms with Crippen LogP contribution in [0.5, 0.6) is 5.75 Å². The maximum absolute atomic E-state index is 13.6. The minimum absolute atomic E-state index is 0.180. The molecule has 4 aromatic rings. The van der Waals surface area contributed by atoms with E-state index in [0.717, 1.165) is 22.2 Å². The van der Waals surface area contributed by atoms with Crippen molar-refractivity contribution in [2.24, 2.45) is 0 Å². The summed E-state index contributed by atoms with van der Waals surface area (Å²) in [5.74, 6) is 0.408. The fourth-order valence-electron chi connectivity index (χ4n) is 4.72. The first-order chi connectivity index (χ1) is 15.8. The Morgan fingerprint density at radius 3 is 2.76 bits per heavy atom. The summed E-state index contributed by atoms with van der Waals surface area (Å²) in [4.78, 5) is 36.1. The summed E-state index contributed by atoms with van der Waals surface area (Å²) in [6, 6.07) is 6.70. The molecule has 33 heavy (non-hydrogen) atoms. The number of pyridine rings is 1. The van der Waals surface area contributed by atoms with E-state index in [1.807, 2.05) is 44.0 Å². The summed E-state index contributed by atoms with van der Waals surface area (Å²) in [7, 11) is 1.58. The lowest BCUT2D eigenvalue weighted by atomic mass is 10.0. The largest absolute Gasteiger partial charge is 0.495 e. The van der Waals surface area contributed by atoms with Gasteiger partial charge in [0.2, 0.25) is 0 Å². The van der Waals surface area contributed by atoms with Crippen molar-refractivity contribution < 1.29 is 9.53 Å². The van der Waals surface area contributed by atoms with Crippen LogP contribution in [-0.4, -0.2) is 43.1 Å². The molecule has 8 nitrogen and oxygen atoms in total. The molecule has 1 N–H and O–H groups in total. The molecule has 0 bridgehead atoms. The normalized spacial score (nSPS) is 16.8. The molecule has 0 fully saturated rings. The summed E-state index contributed by atoms with van der Waals surface area (Å²) in [6.45, 7) is 6.22. The highest BCUT2D eigenvalue weighted by Gasteiger charge is 2.35. The summed E-state index contributed by atoms with van der Waals surface area (Å²) in [5.41, 5.74) is 3.30. The van der Waals surface area contributed by atoms with Crippen LogP contribution in [0.15, 0.2) is 47.8 Å². The summed E-state index contributed by atoms with van der Waals surface area (Å²) >= 11 is 6.37. The number of aromatic amines is 1. The van der Waals surface area contributed by atoms with Crippen LogP contribution in [0.2, 0.25) is 5.02 Å². The lowest BCUT2D eigenvalue weighted by Crippen LogP contribution is -2.50. The minimum Gasteiger partial charge on any atom is -0.495 e. The van der Waals surface area contributed by atoms with Crippen molar-refractivity contribution in [3.8, 4) is 11.4 Å². The molecule has 9 heteroatoms. The molecule has 3 aromatic heterocycles. The van der Waals surface area contributed by atoms with Gasteiger partial charge >= 0.3 is 0 Å². The number of amides is 1. The van der Waals surface area contributed by atoms with E-state index >= 15 is 0 Å². The first-order valence-corrected chi connectivity index (χ1v) is 11.1. The van der Waals surface area contributed by atoms with Gasteiger partial charge in [-0.15, -0.1) is 0 Å². The van der Waals surface area contributed by atoms with Crippen molar-refractivity contribution >= 4 is 28.4 Å². The molecule has 1 amide bonds. The van der Waals surface area contributed by atoms with Crippen molar-refractivity contribution in [2.45, 2.75) is 39.4 Å². The van der Waals surface area contributed by atoms with Gasteiger partial charge in [-0.05, 0) is 44.5 Å². The van der Waals surface area contributed by atoms with E-state index in [0.29, 0.717) is 28.7 Å². The van der Waals surface area contributed by atoms with E-state index in [1.165, 1.54) is 0 Å². The number of nitrogens with one attached hydrogen (secondary N) is 1. The standard InChI is InChI=1S/C24H24ClN5O3/c1-13-10-28(12-27-13)20-5-6-21-24(32)30(14(2)11-29(21)23(20)31)15(3)17-9-26-19-8-22(33-4)18(25)7-16(17)19/h5-10,12,14-15,26H,11H2,1-4H3. The number of H-pyrrole nitrogens is 1. The summed E-state index contributed by atoms with van der Waals surface area (Å²) in [5, 5.41) is 1.44. The second-order valence-corrected chi connectivity index (χ2v) is 8.86. The number of aryl methyl sites for hydroxylation is 1. The maximum atomic E-state index is 13.6. The Balaban J connectivity index is 1.54. The number of hydrogen-bond acceptors (Lipinski definition) is 4. The monoisotopic (exact) mass is 465 g/mol. The quantitative estimate of drug-likeness (QED) is 0.492. The molecule has 0 aliphatic carbocycles. The Bertz CT molecular complexity index is 1450. The summed E-state index contributed by atoms with van der Waals surface area (Å²) in [6.07, 6.45) is 5.30. The number of benzene rings is 1. The first kappa shape index (κ1) is 21.3. The zero-order valence-corrected chi connectivity index (χ0v) is 19.6. The molecule has 1 aromatic carbocycles. The third kappa shape index (κ3) is 3.33. The molecular weight excluding hydrogens is 442 g/mol. The van der Waals surface area contributed by atoms with Gasteiger partial charge < -0.3 is 23.8 Å². The highest BCUT2D eigenvalue weighted by atomic mass is 35.5. The smallest absolute Gasteiger partial charge is 0.275 e. The molecule has 1 aliphatic heterocycles. The predicted octanol–water partition coefficient (Wildman–Crippen LogP) is 4.09. The number of fused-ring (bicyclic) bond motifs is 2. The van der Waals surface area contributed by atoms with Crippen LogP contribution in [0.1, 0.15) is 41.6 Å². The Labute approximate surface area is 195 Å². The second-order valence-electron chi connectivity index (χ2n) is 8.46. The third-order valence-corrected chi connectivity index (χ3v) is 6.67. The number of methoxy groups -OCH3 is 1. The topological polar surface area (TPSA) is 85.2 Å². The van der Waals surface area contributed by atoms with Crippen LogP contribution in [-0.2, 0) is 6.54 Å². The van der Waals surface area contributed by atoms with Gasteiger partial charge in [-0.1, -0.05) is 11.6 Å². The second kappa shape index (κ2) is 7.81. The van der Waals surface area contributed by atoms with E-state index < -0.39 is 0 Å². The summed E-state index contributed by atoms with van der Waals surface area (Å²) < 4.78 is 8.57. The predicted molar refractivity (Wildman–Crippen MR) is 126 cm³/mol. The average Bonchev–Trinajstić information content (AvgIpc) is 3.39. The lowest BCUT2D eigenvalue weighted by molar-refractivity contribution is 0.0512. The number of halogens is 1. The van der Waals surface area contributed by atoms with Gasteiger partial charge in [0.05, 0.1) is 30.2 Å². The van der Waals surface area contributed by atoms with Crippen molar-refractivity contribution in [3.63, 3.8) is 0 Å². The van der Waals surface area contributed by atoms with E-state index in [-0.39, 0.29) is 23.6 Å². The molecule has 0 saturated carbocycles. The number of carbonyl (C=O) groups is 1. The number of nitrogens with zero attached hydrogens (tertiary/aromatic N) is 4. The number of hydrogen-bond donors (Lipinski definition) is 1. The Hall–Kier alpha value is -3.52. The molecule has 0 saturated heterocycles. The number of carbonyl (C=O) groups excluding carboxylic acids is 1. The molecule has 2 atom stereocenters. The molecule has 1 aliphatic rings. The fraction of sp³-hybridized carbons (Fsp3) is 0.292. The van der Waals surface area contributed by atoms with Crippen molar-refractivity contribution in [1.82, 2.24) is 24.0 Å². The van der Waals surface area contributed by atoms with E-state index in [1.54, 1.807) is 40.9 Å². The van der Waals surface area contributed by atoms with Gasteiger partial charge in [0.25, 0.3) is 11.5 Å². The van der Waals surface area contributed by atoms with Crippen molar-refractivity contribution in [3.05, 3.63) is 75.3 Å². The fourth-order valence-corrected chi connectivity index (χ4v) is 4.96. The molecule has 0 radical (unpaired) electrons. The number of aromatic nitrogens is 4. The van der Waals surface area contributed by atoms with E-state index in [2.05, 4.69) is 9.97 Å². The van der Waals surface area contributed by atoms with Gasteiger partial charge in [-0.2, -0.15) is 0 Å². The van der Waals surface area contributed by atoms with Crippen LogP contribution >= 0.6 is 11.6 Å². The Morgan fingerprint density at radius 2 is 2.06 bits per heavy atom. The molecule has 5 rings (SSSR count). The Kier molecular flexibility index (Phi) is 5.05. The average molecular weight is 466 g/mol. The highest BCUT2D eigenvalue weighted by molar-refractivity contribution is 6.32. The first-order valence-electron chi connectivity index (χ1n) is 10.7. The van der Waals surface area contributed by atoms with Gasteiger partial charge in [0, 0.05) is 41.9 Å². The maximum Gasteiger partial charge on any atom is 0.275 e. The molecule has 2 unspecified atom stereocenters. The lowest BCUT2D eigenvalue weighted by Gasteiger charge is -2.39. The van der Waals surface area contributed by atoms with Crippen LogP contribution < -0.4 is 10.3 Å². The van der Waals surface area contributed by atoms with E-state index in [4.69, 9.17) is 16.3 Å². The van der Waals surface area contributed by atoms with Crippen molar-refractivity contribution in [1.29, 1.82) is 0 Å². The highest BCUT2D eigenvalue weighted by Crippen LogP contribution is 2.36. The number of imidazole rings is 1. The van der Waals surface area contributed by atoms with Crippen LogP contribution in [0.3, 0.4) is 0 Å². The van der Waals surface area contributed by atoms with Crippen LogP contribution in [0.25, 0.3) is 16.6 Å². The van der Waals surface area contributed by atoms with Gasteiger partial charge in [-0.25, -0.2) is 4.98 Å². The minimum atomic E-state index is -0.231. The zero-order valence-electron chi connectivity index (χ0n) is 18.8. The van der Waals surface area contributed by atoms with Gasteiger partial charge in [0.1, 0.15) is 17.1 Å².